The van der Waals surface area contributed by atoms with E-state index >= 15 is 0 Å². The van der Waals surface area contributed by atoms with E-state index in [4.69, 9.17) is 10.3 Å². The van der Waals surface area contributed by atoms with Gasteiger partial charge in [0, 0.05) is 24.6 Å². The Labute approximate surface area is 84.0 Å². The lowest BCUT2D eigenvalue weighted by Crippen LogP contribution is -2.14. The normalized spacial score (nSPS) is 23.2. The molecule has 14 heavy (non-hydrogen) atoms. The third kappa shape index (κ3) is 1.55. The Balaban J connectivity index is 2.23. The maximum atomic E-state index is 5.68. The Morgan fingerprint density at radius 1 is 1.64 bits per heavy atom. The summed E-state index contributed by atoms with van der Waals surface area (Å²) in [7, 11) is 2.13. The van der Waals surface area contributed by atoms with E-state index in [1.165, 1.54) is 0 Å². The first-order valence-corrected chi connectivity index (χ1v) is 5.06. The largest absolute Gasteiger partial charge is 0.360 e. The average molecular weight is 195 g/mol. The van der Waals surface area contributed by atoms with Crippen LogP contribution in [-0.2, 0) is 6.54 Å². The molecule has 1 atom stereocenters. The molecule has 0 aliphatic carbocycles. The molecule has 0 spiro atoms. The number of nitrogens with zero attached hydrogens (tertiary/aromatic N) is 2. The molecular formula is C10H17N3O. The van der Waals surface area contributed by atoms with Gasteiger partial charge in [0.2, 0.25) is 0 Å². The number of likely N-dealkylation sites (N-methyl/N-ethyl adjacent to an activating group) is 1. The Bertz CT molecular complexity index is 321. The lowest BCUT2D eigenvalue weighted by Gasteiger charge is -2.08. The van der Waals surface area contributed by atoms with Crippen LogP contribution >= 0.6 is 0 Å². The number of nitrogens with two attached hydrogens (primary N) is 1. The van der Waals surface area contributed by atoms with Gasteiger partial charge >= 0.3 is 0 Å². The predicted octanol–water partition coefficient (Wildman–Crippen LogP) is 0.861. The molecule has 2 heterocycles. The van der Waals surface area contributed by atoms with Crippen LogP contribution in [-0.4, -0.2) is 30.2 Å². The zero-order chi connectivity index (χ0) is 10.1. The zero-order valence-corrected chi connectivity index (χ0v) is 8.79. The van der Waals surface area contributed by atoms with Crippen LogP contribution in [0.1, 0.15) is 29.4 Å². The third-order valence-corrected chi connectivity index (χ3v) is 2.98. The summed E-state index contributed by atoms with van der Waals surface area (Å²) in [6.07, 6.45) is 1.15. The molecular weight excluding hydrogens is 178 g/mol. The van der Waals surface area contributed by atoms with Crippen LogP contribution in [0.4, 0.5) is 0 Å². The molecule has 1 aliphatic heterocycles. The lowest BCUT2D eigenvalue weighted by molar-refractivity contribution is 0.347. The minimum absolute atomic E-state index is 0.486. The van der Waals surface area contributed by atoms with Crippen molar-refractivity contribution in [3.05, 3.63) is 17.0 Å². The minimum Gasteiger partial charge on any atom is -0.360 e. The zero-order valence-electron chi connectivity index (χ0n) is 8.79. The molecule has 2 rings (SSSR count). The van der Waals surface area contributed by atoms with Gasteiger partial charge in [0.25, 0.3) is 0 Å². The topological polar surface area (TPSA) is 55.3 Å². The van der Waals surface area contributed by atoms with Crippen molar-refractivity contribution in [2.75, 3.05) is 20.1 Å². The average Bonchev–Trinajstić information content (AvgIpc) is 2.71. The first kappa shape index (κ1) is 9.68. The van der Waals surface area contributed by atoms with Crippen molar-refractivity contribution in [3.8, 4) is 0 Å². The van der Waals surface area contributed by atoms with Crippen LogP contribution in [0.25, 0.3) is 0 Å². The van der Waals surface area contributed by atoms with E-state index in [1.54, 1.807) is 0 Å². The number of aromatic nitrogens is 1. The van der Waals surface area contributed by atoms with E-state index < -0.39 is 0 Å². The molecule has 1 aromatic heterocycles. The van der Waals surface area contributed by atoms with Crippen molar-refractivity contribution in [2.24, 2.45) is 5.73 Å². The number of likely N-dealkylation sites (tertiary alicyclic amines) is 1. The third-order valence-electron chi connectivity index (χ3n) is 2.98. The van der Waals surface area contributed by atoms with Gasteiger partial charge in [0.1, 0.15) is 5.76 Å². The number of hydrogen-bond acceptors (Lipinski definition) is 4. The van der Waals surface area contributed by atoms with E-state index in [2.05, 4.69) is 17.1 Å². The molecule has 1 unspecified atom stereocenters. The molecule has 0 bridgehead atoms. The van der Waals surface area contributed by atoms with Gasteiger partial charge in [0.05, 0.1) is 5.69 Å². The van der Waals surface area contributed by atoms with Crippen LogP contribution in [0.2, 0.25) is 0 Å². The molecule has 1 aliphatic rings. The second-order valence-corrected chi connectivity index (χ2v) is 4.06. The van der Waals surface area contributed by atoms with Gasteiger partial charge in [-0.25, -0.2) is 0 Å². The van der Waals surface area contributed by atoms with Crippen molar-refractivity contribution in [3.63, 3.8) is 0 Å². The molecule has 0 saturated carbocycles. The SMILES string of the molecule is Cc1noc(C2CCN(C)C2)c1CN. The van der Waals surface area contributed by atoms with Crippen molar-refractivity contribution in [2.45, 2.75) is 25.8 Å². The summed E-state index contributed by atoms with van der Waals surface area (Å²) >= 11 is 0. The van der Waals surface area contributed by atoms with Gasteiger partial charge in [-0.3, -0.25) is 0 Å². The molecule has 4 heteroatoms. The summed E-state index contributed by atoms with van der Waals surface area (Å²) < 4.78 is 5.36. The fourth-order valence-corrected chi connectivity index (χ4v) is 2.12. The summed E-state index contributed by atoms with van der Waals surface area (Å²) in [5, 5.41) is 3.98. The summed E-state index contributed by atoms with van der Waals surface area (Å²) in [6, 6.07) is 0. The second-order valence-electron chi connectivity index (χ2n) is 4.06. The molecule has 1 saturated heterocycles. The van der Waals surface area contributed by atoms with Gasteiger partial charge in [-0.1, -0.05) is 5.16 Å². The molecule has 2 N–H and O–H groups in total. The van der Waals surface area contributed by atoms with Crippen LogP contribution < -0.4 is 5.73 Å². The molecule has 4 nitrogen and oxygen atoms in total. The van der Waals surface area contributed by atoms with E-state index in [0.29, 0.717) is 12.5 Å². The van der Waals surface area contributed by atoms with Crippen LogP contribution in [0.15, 0.2) is 4.52 Å². The standard InChI is InChI=1S/C10H17N3O/c1-7-9(5-11)10(14-12-7)8-3-4-13(2)6-8/h8H,3-6,11H2,1-2H3. The predicted molar refractivity (Wildman–Crippen MR) is 54.0 cm³/mol. The molecule has 0 amide bonds. The Morgan fingerprint density at radius 3 is 3.00 bits per heavy atom. The summed E-state index contributed by atoms with van der Waals surface area (Å²) in [6.45, 7) is 4.68. The van der Waals surface area contributed by atoms with Crippen LogP contribution in [0, 0.1) is 6.92 Å². The fraction of sp³-hybridized carbons (Fsp3) is 0.700. The molecule has 0 radical (unpaired) electrons. The van der Waals surface area contributed by atoms with E-state index in [0.717, 1.165) is 36.5 Å². The van der Waals surface area contributed by atoms with Crippen LogP contribution in [0.5, 0.6) is 0 Å². The summed E-state index contributed by atoms with van der Waals surface area (Å²) in [4.78, 5) is 2.31. The quantitative estimate of drug-likeness (QED) is 0.760. The van der Waals surface area contributed by atoms with E-state index in [9.17, 15) is 0 Å². The smallest absolute Gasteiger partial charge is 0.145 e. The minimum atomic E-state index is 0.486. The van der Waals surface area contributed by atoms with Crippen LogP contribution in [0.3, 0.4) is 0 Å². The van der Waals surface area contributed by atoms with Gasteiger partial charge < -0.3 is 15.2 Å². The van der Waals surface area contributed by atoms with E-state index in [1.807, 2.05) is 6.92 Å². The van der Waals surface area contributed by atoms with Crippen molar-refractivity contribution < 1.29 is 4.52 Å². The lowest BCUT2D eigenvalue weighted by atomic mass is 10.0. The van der Waals surface area contributed by atoms with Gasteiger partial charge in [0.15, 0.2) is 0 Å². The maximum absolute atomic E-state index is 5.68. The fourth-order valence-electron chi connectivity index (χ4n) is 2.12. The van der Waals surface area contributed by atoms with Gasteiger partial charge in [-0.15, -0.1) is 0 Å². The van der Waals surface area contributed by atoms with Gasteiger partial charge in [-0.2, -0.15) is 0 Å². The highest BCUT2D eigenvalue weighted by atomic mass is 16.5. The number of rotatable bonds is 2. The van der Waals surface area contributed by atoms with Crippen molar-refractivity contribution in [1.29, 1.82) is 0 Å². The molecule has 1 fully saturated rings. The summed E-state index contributed by atoms with van der Waals surface area (Å²) in [5.74, 6) is 1.49. The summed E-state index contributed by atoms with van der Waals surface area (Å²) in [5.41, 5.74) is 7.73. The Morgan fingerprint density at radius 2 is 2.43 bits per heavy atom. The highest BCUT2D eigenvalue weighted by molar-refractivity contribution is 5.25. The highest BCUT2D eigenvalue weighted by Gasteiger charge is 2.27. The highest BCUT2D eigenvalue weighted by Crippen LogP contribution is 2.29. The van der Waals surface area contributed by atoms with Gasteiger partial charge in [-0.05, 0) is 26.9 Å². The van der Waals surface area contributed by atoms with E-state index in [-0.39, 0.29) is 0 Å². The number of hydrogen-bond donors (Lipinski definition) is 1. The maximum Gasteiger partial charge on any atom is 0.145 e. The molecule has 0 aromatic carbocycles. The Kier molecular flexibility index (Phi) is 2.56. The second kappa shape index (κ2) is 3.71. The first-order chi connectivity index (χ1) is 6.72. The van der Waals surface area contributed by atoms with Crippen molar-refractivity contribution >= 4 is 0 Å². The number of aryl methyl sites for hydroxylation is 1. The Hall–Kier alpha value is -0.870. The van der Waals surface area contributed by atoms with Crippen molar-refractivity contribution in [1.82, 2.24) is 10.1 Å². The first-order valence-electron chi connectivity index (χ1n) is 5.06. The molecule has 78 valence electrons. The monoisotopic (exact) mass is 195 g/mol. The molecule has 1 aromatic rings.